The van der Waals surface area contributed by atoms with Gasteiger partial charge in [-0.05, 0) is 0 Å². The molecule has 0 unspecified atom stereocenters. The topological polar surface area (TPSA) is 72.0 Å². The van der Waals surface area contributed by atoms with Crippen molar-refractivity contribution in [2.45, 2.75) is 0 Å². The van der Waals surface area contributed by atoms with Crippen molar-refractivity contribution in [3.63, 3.8) is 0 Å². The van der Waals surface area contributed by atoms with Crippen molar-refractivity contribution in [1.82, 2.24) is 4.90 Å². The molecule has 0 fully saturated rings. The smallest absolute Gasteiger partial charge is 0.137 e. The van der Waals surface area contributed by atoms with E-state index < -0.39 is 0 Å². The molecule has 0 saturated heterocycles. The summed E-state index contributed by atoms with van der Waals surface area (Å²) in [5, 5.41) is 21.0. The van der Waals surface area contributed by atoms with Crippen LogP contribution in [0, 0.1) is 11.3 Å². The Morgan fingerprint density at radius 3 is 2.75 bits per heavy atom. The van der Waals surface area contributed by atoms with Crippen LogP contribution >= 0.6 is 22.9 Å². The summed E-state index contributed by atoms with van der Waals surface area (Å²) in [6.07, 6.45) is 2.76. The fourth-order valence-corrected chi connectivity index (χ4v) is 2.11. The van der Waals surface area contributed by atoms with Crippen molar-refractivity contribution in [3.05, 3.63) is 15.5 Å². The van der Waals surface area contributed by atoms with Gasteiger partial charge in [0.15, 0.2) is 0 Å². The molecule has 0 aliphatic rings. The van der Waals surface area contributed by atoms with Crippen LogP contribution in [-0.2, 0) is 0 Å². The third-order valence-electron chi connectivity index (χ3n) is 1.55. The van der Waals surface area contributed by atoms with E-state index in [-0.39, 0.29) is 5.02 Å². The molecule has 0 aliphatic carbocycles. The quantitative estimate of drug-likeness (QED) is 0.390. The average Bonchev–Trinajstić information content (AvgIpc) is 2.53. The number of oxime groups is 1. The van der Waals surface area contributed by atoms with Crippen LogP contribution in [0.1, 0.15) is 10.4 Å². The van der Waals surface area contributed by atoms with Crippen LogP contribution < -0.4 is 0 Å². The van der Waals surface area contributed by atoms with Crippen molar-refractivity contribution in [1.29, 1.82) is 5.26 Å². The second-order valence-electron chi connectivity index (χ2n) is 3.03. The summed E-state index contributed by atoms with van der Waals surface area (Å²) < 4.78 is 0. The Hall–Kier alpha value is -1.58. The highest BCUT2D eigenvalue weighted by molar-refractivity contribution is 7.18. The summed E-state index contributed by atoms with van der Waals surface area (Å²) in [7, 11) is 3.64. The second-order valence-corrected chi connectivity index (χ2v) is 4.43. The fraction of sp³-hybridized carbons (Fsp3) is 0.222. The minimum absolute atomic E-state index is 0.260. The molecule has 0 bridgehead atoms. The van der Waals surface area contributed by atoms with Crippen LogP contribution in [0.2, 0.25) is 5.02 Å². The molecule has 7 heteroatoms. The van der Waals surface area contributed by atoms with E-state index in [1.165, 1.54) is 17.6 Å². The molecule has 1 N–H and O–H groups in total. The molecule has 84 valence electrons. The average molecular weight is 257 g/mol. The van der Waals surface area contributed by atoms with E-state index in [0.717, 1.165) is 0 Å². The maximum absolute atomic E-state index is 8.92. The highest BCUT2D eigenvalue weighted by atomic mass is 35.5. The molecule has 0 spiro atoms. The van der Waals surface area contributed by atoms with E-state index in [0.29, 0.717) is 15.4 Å². The first-order chi connectivity index (χ1) is 7.60. The first-order valence-electron chi connectivity index (χ1n) is 4.20. The Morgan fingerprint density at radius 2 is 2.25 bits per heavy atom. The van der Waals surface area contributed by atoms with Gasteiger partial charge in [0, 0.05) is 14.1 Å². The molecule has 0 radical (unpaired) electrons. The van der Waals surface area contributed by atoms with Gasteiger partial charge in [-0.3, -0.25) is 0 Å². The molecule has 1 aromatic rings. The number of nitrogens with zero attached hydrogens (tertiary/aromatic N) is 4. The SMILES string of the molecule is CN(C)C=Nc1sc(/C=N/O)c(Cl)c1C#N. The lowest BCUT2D eigenvalue weighted by molar-refractivity contribution is 0.322. The summed E-state index contributed by atoms with van der Waals surface area (Å²) in [4.78, 5) is 6.36. The number of hydrogen-bond donors (Lipinski definition) is 1. The zero-order chi connectivity index (χ0) is 12.1. The van der Waals surface area contributed by atoms with Crippen LogP contribution in [0.25, 0.3) is 0 Å². The summed E-state index contributed by atoms with van der Waals surface area (Å²) >= 11 is 7.11. The minimum atomic E-state index is 0.260. The largest absolute Gasteiger partial charge is 0.411 e. The molecule has 16 heavy (non-hydrogen) atoms. The zero-order valence-corrected chi connectivity index (χ0v) is 10.2. The first-order valence-corrected chi connectivity index (χ1v) is 5.40. The van der Waals surface area contributed by atoms with Gasteiger partial charge in [-0.1, -0.05) is 16.8 Å². The van der Waals surface area contributed by atoms with Crippen molar-refractivity contribution in [3.8, 4) is 6.07 Å². The number of nitriles is 1. The molecular weight excluding hydrogens is 248 g/mol. The Kier molecular flexibility index (Phi) is 4.28. The third-order valence-corrected chi connectivity index (χ3v) is 3.09. The lowest BCUT2D eigenvalue weighted by Gasteiger charge is -2.00. The molecule has 0 aromatic carbocycles. The highest BCUT2D eigenvalue weighted by Crippen LogP contribution is 2.37. The monoisotopic (exact) mass is 256 g/mol. The van der Waals surface area contributed by atoms with E-state index in [1.54, 1.807) is 11.2 Å². The van der Waals surface area contributed by atoms with E-state index >= 15 is 0 Å². The van der Waals surface area contributed by atoms with Gasteiger partial charge >= 0.3 is 0 Å². The summed E-state index contributed by atoms with van der Waals surface area (Å²) in [6, 6.07) is 1.97. The van der Waals surface area contributed by atoms with Gasteiger partial charge in [-0.2, -0.15) is 5.26 Å². The van der Waals surface area contributed by atoms with Crippen LogP contribution in [0.3, 0.4) is 0 Å². The number of rotatable bonds is 3. The van der Waals surface area contributed by atoms with Gasteiger partial charge < -0.3 is 10.1 Å². The standard InChI is InChI=1S/C9H9ClN4OS/c1-14(2)5-12-9-6(3-11)8(10)7(16-9)4-13-15/h4-5,15H,1-2H3/b12-5?,13-4+. The van der Waals surface area contributed by atoms with Gasteiger partial charge in [0.1, 0.15) is 16.6 Å². The molecular formula is C9H9ClN4OS. The van der Waals surface area contributed by atoms with Crippen LogP contribution in [-0.4, -0.2) is 36.8 Å². The lowest BCUT2D eigenvalue weighted by atomic mass is 10.3. The molecule has 5 nitrogen and oxygen atoms in total. The molecule has 0 aliphatic heterocycles. The lowest BCUT2D eigenvalue weighted by Crippen LogP contribution is -2.06. The van der Waals surface area contributed by atoms with Gasteiger partial charge in [-0.15, -0.1) is 11.3 Å². The maximum atomic E-state index is 8.92. The Balaban J connectivity index is 3.20. The van der Waals surface area contributed by atoms with Crippen molar-refractivity contribution in [2.75, 3.05) is 14.1 Å². The van der Waals surface area contributed by atoms with Crippen molar-refractivity contribution >= 4 is 40.5 Å². The van der Waals surface area contributed by atoms with Crippen molar-refractivity contribution in [2.24, 2.45) is 10.1 Å². The number of halogens is 1. The van der Waals surface area contributed by atoms with Crippen LogP contribution in [0.5, 0.6) is 0 Å². The van der Waals surface area contributed by atoms with Gasteiger partial charge in [0.2, 0.25) is 0 Å². The van der Waals surface area contributed by atoms with Gasteiger partial charge in [0.05, 0.1) is 22.5 Å². The molecule has 0 atom stereocenters. The molecule has 1 rings (SSSR count). The second kappa shape index (κ2) is 5.49. The maximum Gasteiger partial charge on any atom is 0.137 e. The van der Waals surface area contributed by atoms with Crippen LogP contribution in [0.15, 0.2) is 10.1 Å². The molecule has 1 aromatic heterocycles. The van der Waals surface area contributed by atoms with E-state index in [1.807, 2.05) is 20.2 Å². The normalized spacial score (nSPS) is 11.1. The summed E-state index contributed by atoms with van der Waals surface area (Å²) in [5.41, 5.74) is 0.291. The molecule has 0 saturated carbocycles. The summed E-state index contributed by atoms with van der Waals surface area (Å²) in [5.74, 6) is 0. The number of thiophene rings is 1. The first kappa shape index (κ1) is 12.5. The van der Waals surface area contributed by atoms with E-state index in [4.69, 9.17) is 22.1 Å². The van der Waals surface area contributed by atoms with Crippen LogP contribution in [0.4, 0.5) is 5.00 Å². The van der Waals surface area contributed by atoms with E-state index in [9.17, 15) is 0 Å². The third kappa shape index (κ3) is 2.72. The zero-order valence-electron chi connectivity index (χ0n) is 8.68. The predicted octanol–water partition coefficient (Wildman–Crippen LogP) is 2.30. The summed E-state index contributed by atoms with van der Waals surface area (Å²) in [6.45, 7) is 0. The highest BCUT2D eigenvalue weighted by Gasteiger charge is 2.14. The Bertz CT molecular complexity index is 473. The van der Waals surface area contributed by atoms with Crippen molar-refractivity contribution < 1.29 is 5.21 Å². The number of hydrogen-bond acceptors (Lipinski definition) is 5. The Labute approximate surface area is 102 Å². The number of aliphatic imine (C=N–C) groups is 1. The van der Waals surface area contributed by atoms with Gasteiger partial charge in [0.25, 0.3) is 0 Å². The minimum Gasteiger partial charge on any atom is -0.411 e. The van der Waals surface area contributed by atoms with Gasteiger partial charge in [-0.25, -0.2) is 4.99 Å². The molecule has 1 heterocycles. The van der Waals surface area contributed by atoms with E-state index in [2.05, 4.69) is 10.1 Å². The molecule has 0 amide bonds. The predicted molar refractivity (Wildman–Crippen MR) is 65.3 cm³/mol. The fourth-order valence-electron chi connectivity index (χ4n) is 0.908. The Morgan fingerprint density at radius 1 is 1.56 bits per heavy atom.